The van der Waals surface area contributed by atoms with Gasteiger partial charge in [-0.25, -0.2) is 0 Å². The molecular formula is C19H23BrO. The van der Waals surface area contributed by atoms with Crippen LogP contribution in [0.4, 0.5) is 0 Å². The van der Waals surface area contributed by atoms with Crippen LogP contribution in [-0.2, 0) is 11.8 Å². The Morgan fingerprint density at radius 3 is 2.05 bits per heavy atom. The Kier molecular flexibility index (Phi) is 5.60. The van der Waals surface area contributed by atoms with Crippen LogP contribution >= 0.6 is 15.9 Å². The number of aliphatic hydroxyl groups is 1. The van der Waals surface area contributed by atoms with Gasteiger partial charge in [0.1, 0.15) is 0 Å². The zero-order valence-electron chi connectivity index (χ0n) is 12.7. The van der Waals surface area contributed by atoms with Gasteiger partial charge in [0.05, 0.1) is 6.10 Å². The van der Waals surface area contributed by atoms with Crippen molar-refractivity contribution >= 4 is 15.9 Å². The summed E-state index contributed by atoms with van der Waals surface area (Å²) >= 11 is 3.45. The molecule has 0 aliphatic heterocycles. The average molecular weight is 347 g/mol. The van der Waals surface area contributed by atoms with Crippen molar-refractivity contribution in [2.45, 2.75) is 44.6 Å². The van der Waals surface area contributed by atoms with E-state index in [1.54, 1.807) is 0 Å². The molecule has 0 amide bonds. The minimum atomic E-state index is -0.379. The first-order valence-electron chi connectivity index (χ1n) is 7.60. The molecule has 0 aliphatic carbocycles. The molecule has 1 unspecified atom stereocenters. The molecule has 1 N–H and O–H groups in total. The number of rotatable bonds is 6. The van der Waals surface area contributed by atoms with Gasteiger partial charge in [0.25, 0.3) is 0 Å². The largest absolute Gasteiger partial charge is 0.392 e. The van der Waals surface area contributed by atoms with Gasteiger partial charge in [-0.15, -0.1) is 0 Å². The van der Waals surface area contributed by atoms with E-state index >= 15 is 0 Å². The molecule has 0 saturated carbocycles. The Balaban J connectivity index is 2.27. The first kappa shape index (κ1) is 16.3. The lowest BCUT2D eigenvalue weighted by Gasteiger charge is -2.37. The lowest BCUT2D eigenvalue weighted by Crippen LogP contribution is -2.40. The number of benzene rings is 2. The molecular weight excluding hydrogens is 324 g/mol. The first-order chi connectivity index (χ1) is 10.1. The van der Waals surface area contributed by atoms with Gasteiger partial charge in [-0.05, 0) is 42.5 Å². The minimum Gasteiger partial charge on any atom is -0.392 e. The fraction of sp³-hybridized carbons (Fsp3) is 0.368. The van der Waals surface area contributed by atoms with Gasteiger partial charge in [-0.1, -0.05) is 72.2 Å². The van der Waals surface area contributed by atoms with Crippen molar-refractivity contribution in [1.82, 2.24) is 0 Å². The topological polar surface area (TPSA) is 20.2 Å². The van der Waals surface area contributed by atoms with Crippen LogP contribution in [-0.4, -0.2) is 11.2 Å². The summed E-state index contributed by atoms with van der Waals surface area (Å²) in [4.78, 5) is 0. The Morgan fingerprint density at radius 1 is 0.952 bits per heavy atom. The van der Waals surface area contributed by atoms with Crippen molar-refractivity contribution in [2.75, 3.05) is 0 Å². The lowest BCUT2D eigenvalue weighted by molar-refractivity contribution is 0.0734. The lowest BCUT2D eigenvalue weighted by atomic mass is 9.70. The molecule has 1 atom stereocenters. The van der Waals surface area contributed by atoms with E-state index in [4.69, 9.17) is 0 Å². The quantitative estimate of drug-likeness (QED) is 0.770. The molecule has 21 heavy (non-hydrogen) atoms. The Labute approximate surface area is 136 Å². The van der Waals surface area contributed by atoms with E-state index in [-0.39, 0.29) is 11.5 Å². The van der Waals surface area contributed by atoms with E-state index < -0.39 is 0 Å². The summed E-state index contributed by atoms with van der Waals surface area (Å²) in [5.74, 6) is 0. The predicted molar refractivity (Wildman–Crippen MR) is 92.6 cm³/mol. The Morgan fingerprint density at radius 2 is 1.52 bits per heavy atom. The standard InChI is InChI=1S/C19H23BrO/c1-3-19(4-2,16-8-6-5-7-9-16)18(21)14-15-10-12-17(20)13-11-15/h5-13,18,21H,3-4,14H2,1-2H3. The fourth-order valence-corrected chi connectivity index (χ4v) is 3.40. The molecule has 0 spiro atoms. The van der Waals surface area contributed by atoms with Crippen molar-refractivity contribution in [3.8, 4) is 0 Å². The smallest absolute Gasteiger partial charge is 0.0676 e. The van der Waals surface area contributed by atoms with E-state index in [2.05, 4.69) is 66.2 Å². The number of halogens is 1. The molecule has 0 aromatic heterocycles. The molecule has 2 aromatic carbocycles. The molecule has 112 valence electrons. The average Bonchev–Trinajstić information content (AvgIpc) is 2.52. The highest BCUT2D eigenvalue weighted by Crippen LogP contribution is 2.36. The van der Waals surface area contributed by atoms with Crippen molar-refractivity contribution in [3.63, 3.8) is 0 Å². The summed E-state index contributed by atoms with van der Waals surface area (Å²) in [7, 11) is 0. The van der Waals surface area contributed by atoms with Crippen molar-refractivity contribution in [2.24, 2.45) is 0 Å². The van der Waals surface area contributed by atoms with Crippen LogP contribution in [0.5, 0.6) is 0 Å². The molecule has 0 fully saturated rings. The van der Waals surface area contributed by atoms with Crippen molar-refractivity contribution in [1.29, 1.82) is 0 Å². The van der Waals surface area contributed by atoms with Crippen LogP contribution in [0.15, 0.2) is 59.1 Å². The normalized spacial score (nSPS) is 13.1. The van der Waals surface area contributed by atoms with Gasteiger partial charge in [-0.2, -0.15) is 0 Å². The van der Waals surface area contributed by atoms with Crippen molar-refractivity contribution in [3.05, 3.63) is 70.2 Å². The third kappa shape index (κ3) is 3.56. The summed E-state index contributed by atoms with van der Waals surface area (Å²) in [6.45, 7) is 4.34. The van der Waals surface area contributed by atoms with Crippen LogP contribution < -0.4 is 0 Å². The van der Waals surface area contributed by atoms with Crippen LogP contribution in [0.3, 0.4) is 0 Å². The SMILES string of the molecule is CCC(CC)(c1ccccc1)C(O)Cc1ccc(Br)cc1. The van der Waals surface area contributed by atoms with Gasteiger partial charge in [0.2, 0.25) is 0 Å². The minimum absolute atomic E-state index is 0.172. The zero-order valence-corrected chi connectivity index (χ0v) is 14.3. The van der Waals surface area contributed by atoms with Gasteiger partial charge < -0.3 is 5.11 Å². The molecule has 2 rings (SSSR count). The summed E-state index contributed by atoms with van der Waals surface area (Å²) in [5.41, 5.74) is 2.24. The van der Waals surface area contributed by atoms with Gasteiger partial charge in [0.15, 0.2) is 0 Å². The molecule has 0 aliphatic rings. The summed E-state index contributed by atoms with van der Waals surface area (Å²) < 4.78 is 1.07. The van der Waals surface area contributed by atoms with E-state index in [9.17, 15) is 5.11 Å². The highest BCUT2D eigenvalue weighted by atomic mass is 79.9. The molecule has 0 bridgehead atoms. The molecule has 0 radical (unpaired) electrons. The van der Waals surface area contributed by atoms with Crippen LogP contribution in [0, 0.1) is 0 Å². The third-order valence-electron chi connectivity index (χ3n) is 4.59. The third-order valence-corrected chi connectivity index (χ3v) is 5.12. The molecule has 2 heteroatoms. The second-order valence-corrected chi connectivity index (χ2v) is 6.49. The van der Waals surface area contributed by atoms with E-state index in [1.807, 2.05) is 18.2 Å². The van der Waals surface area contributed by atoms with Crippen molar-refractivity contribution < 1.29 is 5.11 Å². The second-order valence-electron chi connectivity index (χ2n) is 5.58. The predicted octanol–water partition coefficient (Wildman–Crippen LogP) is 5.11. The summed E-state index contributed by atoms with van der Waals surface area (Å²) in [6, 6.07) is 18.6. The first-order valence-corrected chi connectivity index (χ1v) is 8.39. The van der Waals surface area contributed by atoms with Crippen LogP contribution in [0.1, 0.15) is 37.8 Å². The van der Waals surface area contributed by atoms with Gasteiger partial charge in [0, 0.05) is 9.89 Å². The monoisotopic (exact) mass is 346 g/mol. The molecule has 1 nitrogen and oxygen atoms in total. The maximum Gasteiger partial charge on any atom is 0.0676 e. The fourth-order valence-electron chi connectivity index (χ4n) is 3.13. The van der Waals surface area contributed by atoms with E-state index in [0.29, 0.717) is 6.42 Å². The van der Waals surface area contributed by atoms with E-state index in [0.717, 1.165) is 17.3 Å². The van der Waals surface area contributed by atoms with Crippen LogP contribution in [0.2, 0.25) is 0 Å². The zero-order chi connectivity index (χ0) is 15.3. The Bertz CT molecular complexity index is 544. The van der Waals surface area contributed by atoms with Crippen LogP contribution in [0.25, 0.3) is 0 Å². The second kappa shape index (κ2) is 7.24. The maximum absolute atomic E-state index is 10.9. The number of hydrogen-bond donors (Lipinski definition) is 1. The Hall–Kier alpha value is -1.12. The number of aliphatic hydroxyl groups excluding tert-OH is 1. The summed E-state index contributed by atoms with van der Waals surface area (Å²) in [5, 5.41) is 10.9. The maximum atomic E-state index is 10.9. The number of hydrogen-bond acceptors (Lipinski definition) is 1. The molecule has 0 saturated heterocycles. The highest BCUT2D eigenvalue weighted by Gasteiger charge is 2.36. The summed E-state index contributed by atoms with van der Waals surface area (Å²) in [6.07, 6.45) is 2.18. The van der Waals surface area contributed by atoms with E-state index in [1.165, 1.54) is 11.1 Å². The van der Waals surface area contributed by atoms with Gasteiger partial charge >= 0.3 is 0 Å². The molecule has 0 heterocycles. The highest BCUT2D eigenvalue weighted by molar-refractivity contribution is 9.10. The molecule has 2 aromatic rings. The van der Waals surface area contributed by atoms with Gasteiger partial charge in [-0.3, -0.25) is 0 Å².